The van der Waals surface area contributed by atoms with Gasteiger partial charge in [0.05, 0.1) is 5.41 Å². The minimum atomic E-state index is -0.846. The van der Waals surface area contributed by atoms with E-state index in [1.165, 1.54) is 0 Å². The van der Waals surface area contributed by atoms with E-state index in [4.69, 9.17) is 5.11 Å². The maximum absolute atomic E-state index is 12.2. The third-order valence-electron chi connectivity index (χ3n) is 5.12. The second-order valence-corrected chi connectivity index (χ2v) is 6.68. The molecule has 0 aromatic carbocycles. The van der Waals surface area contributed by atoms with Crippen LogP contribution in [-0.2, 0) is 9.59 Å². The average Bonchev–Trinajstić information content (AvgIpc) is 2.46. The molecule has 4 heteroatoms. The zero-order chi connectivity index (χ0) is 17.2. The first-order chi connectivity index (χ1) is 10.3. The Morgan fingerprint density at radius 1 is 0.909 bits per heavy atom. The summed E-state index contributed by atoms with van der Waals surface area (Å²) in [6.45, 7) is 8.29. The number of carbonyl (C=O) groups is 2. The van der Waals surface area contributed by atoms with Gasteiger partial charge in [-0.1, -0.05) is 53.4 Å². The summed E-state index contributed by atoms with van der Waals surface area (Å²) in [5, 5.41) is 18.8. The number of carboxylic acids is 2. The van der Waals surface area contributed by atoms with Crippen molar-refractivity contribution in [2.75, 3.05) is 0 Å². The highest BCUT2D eigenvalue weighted by Crippen LogP contribution is 2.45. The van der Waals surface area contributed by atoms with Crippen molar-refractivity contribution >= 4 is 11.9 Å². The predicted molar refractivity (Wildman–Crippen MR) is 88.9 cm³/mol. The SMILES string of the molecule is CCCCC(C)C(CCCC(=O)O)(C(=O)O)C(C)CCCC. The second-order valence-electron chi connectivity index (χ2n) is 6.68. The van der Waals surface area contributed by atoms with E-state index < -0.39 is 17.4 Å². The normalized spacial score (nSPS) is 16.7. The lowest BCUT2D eigenvalue weighted by Crippen LogP contribution is -2.43. The molecule has 0 saturated carbocycles. The molecule has 22 heavy (non-hydrogen) atoms. The van der Waals surface area contributed by atoms with Crippen molar-refractivity contribution in [3.05, 3.63) is 0 Å². The molecule has 0 aliphatic heterocycles. The predicted octanol–water partition coefficient (Wildman–Crippen LogP) is 4.96. The van der Waals surface area contributed by atoms with Gasteiger partial charge in [0.15, 0.2) is 0 Å². The fourth-order valence-corrected chi connectivity index (χ4v) is 3.57. The Hall–Kier alpha value is -1.06. The van der Waals surface area contributed by atoms with E-state index in [1.54, 1.807) is 0 Å². The number of hydrogen-bond donors (Lipinski definition) is 2. The van der Waals surface area contributed by atoms with Crippen molar-refractivity contribution in [1.82, 2.24) is 0 Å². The lowest BCUT2D eigenvalue weighted by atomic mass is 9.62. The van der Waals surface area contributed by atoms with E-state index in [-0.39, 0.29) is 18.3 Å². The van der Waals surface area contributed by atoms with Gasteiger partial charge in [0.1, 0.15) is 0 Å². The van der Waals surface area contributed by atoms with Crippen LogP contribution in [-0.4, -0.2) is 22.2 Å². The fourth-order valence-electron chi connectivity index (χ4n) is 3.57. The van der Waals surface area contributed by atoms with Gasteiger partial charge in [-0.15, -0.1) is 0 Å². The van der Waals surface area contributed by atoms with Crippen molar-refractivity contribution in [1.29, 1.82) is 0 Å². The topological polar surface area (TPSA) is 74.6 Å². The van der Waals surface area contributed by atoms with Crippen LogP contribution < -0.4 is 0 Å². The number of hydrogen-bond acceptors (Lipinski definition) is 2. The molecule has 0 aliphatic rings. The first kappa shape index (κ1) is 20.9. The maximum Gasteiger partial charge on any atom is 0.310 e. The number of rotatable bonds is 13. The minimum Gasteiger partial charge on any atom is -0.481 e. The van der Waals surface area contributed by atoms with E-state index in [0.717, 1.165) is 38.5 Å². The highest BCUT2D eigenvalue weighted by atomic mass is 16.4. The number of aliphatic carboxylic acids is 2. The molecule has 0 saturated heterocycles. The van der Waals surface area contributed by atoms with Gasteiger partial charge >= 0.3 is 11.9 Å². The Morgan fingerprint density at radius 2 is 1.36 bits per heavy atom. The Balaban J connectivity index is 5.24. The van der Waals surface area contributed by atoms with Crippen LogP contribution in [0.4, 0.5) is 0 Å². The summed E-state index contributed by atoms with van der Waals surface area (Å²) in [4.78, 5) is 23.0. The largest absolute Gasteiger partial charge is 0.481 e. The molecule has 0 aromatic rings. The molecule has 0 heterocycles. The minimum absolute atomic E-state index is 0.0516. The molecular formula is C18H34O4. The zero-order valence-corrected chi connectivity index (χ0v) is 14.7. The molecule has 0 amide bonds. The van der Waals surface area contributed by atoms with Crippen LogP contribution in [0.3, 0.4) is 0 Å². The van der Waals surface area contributed by atoms with Gasteiger partial charge in [0.2, 0.25) is 0 Å². The van der Waals surface area contributed by atoms with Gasteiger partial charge in [0.25, 0.3) is 0 Å². The van der Waals surface area contributed by atoms with Crippen LogP contribution in [0.15, 0.2) is 0 Å². The van der Waals surface area contributed by atoms with Crippen molar-refractivity contribution in [2.24, 2.45) is 17.3 Å². The molecule has 4 nitrogen and oxygen atoms in total. The Labute approximate surface area is 135 Å². The lowest BCUT2D eigenvalue weighted by Gasteiger charge is -2.41. The first-order valence-corrected chi connectivity index (χ1v) is 8.78. The number of carboxylic acid groups (broad SMARTS) is 2. The van der Waals surface area contributed by atoms with Gasteiger partial charge in [-0.2, -0.15) is 0 Å². The highest BCUT2D eigenvalue weighted by molar-refractivity contribution is 5.75. The molecule has 130 valence electrons. The molecule has 0 fully saturated rings. The quantitative estimate of drug-likeness (QED) is 0.503. The number of unbranched alkanes of at least 4 members (excludes halogenated alkanes) is 2. The molecule has 0 aromatic heterocycles. The van der Waals surface area contributed by atoms with Crippen LogP contribution in [0, 0.1) is 17.3 Å². The summed E-state index contributed by atoms with van der Waals surface area (Å²) in [5.41, 5.74) is -0.792. The third-order valence-corrected chi connectivity index (χ3v) is 5.12. The molecule has 0 bridgehead atoms. The first-order valence-electron chi connectivity index (χ1n) is 8.78. The zero-order valence-electron chi connectivity index (χ0n) is 14.7. The third kappa shape index (κ3) is 5.98. The van der Waals surface area contributed by atoms with Gasteiger partial charge in [-0.25, -0.2) is 0 Å². The highest BCUT2D eigenvalue weighted by Gasteiger charge is 2.46. The van der Waals surface area contributed by atoms with Crippen LogP contribution in [0.5, 0.6) is 0 Å². The van der Waals surface area contributed by atoms with Crippen LogP contribution >= 0.6 is 0 Å². The molecule has 2 atom stereocenters. The molecular weight excluding hydrogens is 280 g/mol. The summed E-state index contributed by atoms with van der Waals surface area (Å²) in [6.07, 6.45) is 6.90. The van der Waals surface area contributed by atoms with Gasteiger partial charge in [0, 0.05) is 6.42 Å². The summed E-state index contributed by atoms with van der Waals surface area (Å²) >= 11 is 0. The monoisotopic (exact) mass is 314 g/mol. The van der Waals surface area contributed by atoms with E-state index in [0.29, 0.717) is 12.8 Å². The van der Waals surface area contributed by atoms with E-state index in [1.807, 2.05) is 13.8 Å². The molecule has 0 spiro atoms. The van der Waals surface area contributed by atoms with Gasteiger partial charge in [-0.3, -0.25) is 9.59 Å². The van der Waals surface area contributed by atoms with Gasteiger partial charge < -0.3 is 10.2 Å². The van der Waals surface area contributed by atoms with Gasteiger partial charge in [-0.05, 0) is 37.5 Å². The fraction of sp³-hybridized carbons (Fsp3) is 0.889. The van der Waals surface area contributed by atoms with E-state index >= 15 is 0 Å². The Bertz CT molecular complexity index is 324. The van der Waals surface area contributed by atoms with Crippen LogP contribution in [0.25, 0.3) is 0 Å². The molecule has 2 unspecified atom stereocenters. The molecule has 0 aliphatic carbocycles. The summed E-state index contributed by atoms with van der Waals surface area (Å²) in [7, 11) is 0. The van der Waals surface area contributed by atoms with Crippen LogP contribution in [0.2, 0.25) is 0 Å². The molecule has 2 N–H and O–H groups in total. The summed E-state index contributed by atoms with van der Waals surface area (Å²) in [6, 6.07) is 0. The smallest absolute Gasteiger partial charge is 0.310 e. The van der Waals surface area contributed by atoms with Crippen LogP contribution in [0.1, 0.15) is 85.5 Å². The van der Waals surface area contributed by atoms with Crippen molar-refractivity contribution in [3.63, 3.8) is 0 Å². The second kappa shape index (κ2) is 10.6. The molecule has 0 rings (SSSR count). The van der Waals surface area contributed by atoms with E-state index in [9.17, 15) is 14.7 Å². The maximum atomic E-state index is 12.2. The van der Waals surface area contributed by atoms with Crippen molar-refractivity contribution in [3.8, 4) is 0 Å². The van der Waals surface area contributed by atoms with Crippen molar-refractivity contribution < 1.29 is 19.8 Å². The molecule has 0 radical (unpaired) electrons. The standard InChI is InChI=1S/C18H34O4/c1-5-7-10-14(3)18(17(21)22,13-9-12-16(19)20)15(4)11-8-6-2/h14-15H,5-13H2,1-4H3,(H,19,20)(H,21,22). The van der Waals surface area contributed by atoms with E-state index in [2.05, 4.69) is 13.8 Å². The Morgan fingerprint density at radius 3 is 1.68 bits per heavy atom. The average molecular weight is 314 g/mol. The summed E-state index contributed by atoms with van der Waals surface area (Å²) in [5.74, 6) is -1.44. The lowest BCUT2D eigenvalue weighted by molar-refractivity contribution is -0.158. The van der Waals surface area contributed by atoms with Crippen molar-refractivity contribution in [2.45, 2.75) is 85.5 Å². The Kier molecular flexibility index (Phi) is 10.1. The summed E-state index contributed by atoms with van der Waals surface area (Å²) < 4.78 is 0.